The van der Waals surface area contributed by atoms with E-state index in [9.17, 15) is 0 Å². The number of rotatable bonds is 6. The Morgan fingerprint density at radius 1 is 1.28 bits per heavy atom. The van der Waals surface area contributed by atoms with E-state index in [2.05, 4.69) is 20.0 Å². The molecule has 0 spiro atoms. The Bertz CT molecular complexity index is 773. The minimum Gasteiger partial charge on any atom is -0.468 e. The van der Waals surface area contributed by atoms with E-state index in [-0.39, 0.29) is 6.10 Å². The van der Waals surface area contributed by atoms with E-state index in [0.717, 1.165) is 43.8 Å². The van der Waals surface area contributed by atoms with Crippen molar-refractivity contribution in [2.75, 3.05) is 13.1 Å². The summed E-state index contributed by atoms with van der Waals surface area (Å²) in [5, 5.41) is 3.99. The van der Waals surface area contributed by atoms with Crippen LogP contribution in [0.1, 0.15) is 24.5 Å². The van der Waals surface area contributed by atoms with Crippen molar-refractivity contribution in [1.82, 2.24) is 20.0 Å². The Balaban J connectivity index is 1.30. The van der Waals surface area contributed by atoms with Crippen LogP contribution in [0.25, 0.3) is 11.4 Å². The predicted molar refractivity (Wildman–Crippen MR) is 89.3 cm³/mol. The van der Waals surface area contributed by atoms with Gasteiger partial charge in [0.1, 0.15) is 12.4 Å². The van der Waals surface area contributed by atoms with Gasteiger partial charge >= 0.3 is 0 Å². The van der Waals surface area contributed by atoms with E-state index in [4.69, 9.17) is 13.7 Å². The molecule has 0 saturated carbocycles. The van der Waals surface area contributed by atoms with Crippen molar-refractivity contribution in [3.63, 3.8) is 0 Å². The summed E-state index contributed by atoms with van der Waals surface area (Å²) in [6.07, 6.45) is 7.45. The maximum atomic E-state index is 5.98. The number of piperidine rings is 1. The molecule has 1 atom stereocenters. The lowest BCUT2D eigenvalue weighted by Crippen LogP contribution is -2.39. The van der Waals surface area contributed by atoms with Gasteiger partial charge in [0.05, 0.1) is 18.9 Å². The highest BCUT2D eigenvalue weighted by Crippen LogP contribution is 2.18. The maximum absolute atomic E-state index is 5.98. The first-order valence-electron chi connectivity index (χ1n) is 8.46. The molecular formula is C18H20N4O3. The van der Waals surface area contributed by atoms with E-state index in [0.29, 0.717) is 18.3 Å². The molecule has 130 valence electrons. The molecule has 1 fully saturated rings. The fourth-order valence-electron chi connectivity index (χ4n) is 3.03. The molecule has 1 aliphatic heterocycles. The smallest absolute Gasteiger partial charge is 0.252 e. The molecule has 0 bridgehead atoms. The molecule has 3 aromatic heterocycles. The normalized spacial score (nSPS) is 18.5. The highest BCUT2D eigenvalue weighted by atomic mass is 16.5. The van der Waals surface area contributed by atoms with Gasteiger partial charge < -0.3 is 13.7 Å². The van der Waals surface area contributed by atoms with Crippen molar-refractivity contribution in [1.29, 1.82) is 0 Å². The third-order valence-corrected chi connectivity index (χ3v) is 4.25. The molecule has 0 radical (unpaired) electrons. The highest BCUT2D eigenvalue weighted by molar-refractivity contribution is 5.51. The van der Waals surface area contributed by atoms with Crippen molar-refractivity contribution in [3.8, 4) is 11.4 Å². The molecule has 0 aromatic carbocycles. The summed E-state index contributed by atoms with van der Waals surface area (Å²) >= 11 is 0. The van der Waals surface area contributed by atoms with E-state index in [1.807, 2.05) is 24.3 Å². The second kappa shape index (κ2) is 7.58. The van der Waals surface area contributed by atoms with Crippen molar-refractivity contribution < 1.29 is 13.7 Å². The lowest BCUT2D eigenvalue weighted by molar-refractivity contribution is -0.0222. The first-order chi connectivity index (χ1) is 12.4. The number of aromatic nitrogens is 3. The average molecular weight is 340 g/mol. The van der Waals surface area contributed by atoms with Crippen molar-refractivity contribution in [2.45, 2.75) is 32.1 Å². The van der Waals surface area contributed by atoms with Crippen LogP contribution in [0.2, 0.25) is 0 Å². The van der Waals surface area contributed by atoms with Crippen LogP contribution in [0.3, 0.4) is 0 Å². The second-order valence-electron chi connectivity index (χ2n) is 6.14. The van der Waals surface area contributed by atoms with Crippen molar-refractivity contribution in [2.24, 2.45) is 0 Å². The van der Waals surface area contributed by atoms with Gasteiger partial charge in [0, 0.05) is 24.5 Å². The van der Waals surface area contributed by atoms with E-state index in [1.54, 1.807) is 18.7 Å². The zero-order valence-electron chi connectivity index (χ0n) is 13.9. The lowest BCUT2D eigenvalue weighted by Gasteiger charge is -2.31. The third kappa shape index (κ3) is 4.12. The minimum atomic E-state index is 0.164. The third-order valence-electron chi connectivity index (χ3n) is 4.25. The Kier molecular flexibility index (Phi) is 4.85. The molecule has 0 N–H and O–H groups in total. The van der Waals surface area contributed by atoms with Gasteiger partial charge in [-0.15, -0.1) is 0 Å². The van der Waals surface area contributed by atoms with E-state index < -0.39 is 0 Å². The number of likely N-dealkylation sites (tertiary alicyclic amines) is 1. The molecule has 4 rings (SSSR count). The van der Waals surface area contributed by atoms with Crippen LogP contribution in [0.4, 0.5) is 0 Å². The number of hydrogen-bond acceptors (Lipinski definition) is 7. The first-order valence-corrected chi connectivity index (χ1v) is 8.46. The zero-order valence-corrected chi connectivity index (χ0v) is 13.9. The van der Waals surface area contributed by atoms with Crippen LogP contribution in [0.5, 0.6) is 0 Å². The molecule has 0 amide bonds. The Morgan fingerprint density at radius 3 is 3.12 bits per heavy atom. The number of pyridine rings is 1. The molecule has 7 nitrogen and oxygen atoms in total. The number of ether oxygens (including phenoxy) is 1. The van der Waals surface area contributed by atoms with Gasteiger partial charge in [-0.05, 0) is 43.7 Å². The number of nitrogens with zero attached hydrogens (tertiary/aromatic N) is 4. The first kappa shape index (κ1) is 16.0. The van der Waals surface area contributed by atoms with Gasteiger partial charge in [0.2, 0.25) is 5.82 Å². The van der Waals surface area contributed by atoms with Crippen LogP contribution < -0.4 is 0 Å². The van der Waals surface area contributed by atoms with Crippen LogP contribution in [-0.2, 0) is 17.9 Å². The molecule has 1 unspecified atom stereocenters. The lowest BCUT2D eigenvalue weighted by atomic mass is 10.1. The van der Waals surface area contributed by atoms with Gasteiger partial charge in [0.15, 0.2) is 0 Å². The summed E-state index contributed by atoms with van der Waals surface area (Å²) in [6.45, 7) is 3.08. The van der Waals surface area contributed by atoms with Gasteiger partial charge in [-0.3, -0.25) is 9.88 Å². The summed E-state index contributed by atoms with van der Waals surface area (Å²) in [5.41, 5.74) is 0.833. The molecule has 4 heterocycles. The molecule has 1 saturated heterocycles. The summed E-state index contributed by atoms with van der Waals surface area (Å²) in [4.78, 5) is 10.8. The van der Waals surface area contributed by atoms with Crippen molar-refractivity contribution in [3.05, 3.63) is 54.6 Å². The number of hydrogen-bond donors (Lipinski definition) is 0. The molecule has 25 heavy (non-hydrogen) atoms. The molecule has 1 aliphatic rings. The van der Waals surface area contributed by atoms with Crippen LogP contribution >= 0.6 is 0 Å². The van der Waals surface area contributed by atoms with Gasteiger partial charge in [-0.1, -0.05) is 5.16 Å². The Hall–Kier alpha value is -2.51. The standard InChI is InChI=1S/C18H20N4O3/c1-4-14(10-19-7-1)18-20-17(25-21-18)13-24-16-5-2-8-22(12-16)11-15-6-3-9-23-15/h1,3-4,6-7,9-10,16H,2,5,8,11-13H2. The van der Waals surface area contributed by atoms with Crippen LogP contribution in [0, 0.1) is 0 Å². The Labute approximate surface area is 145 Å². The predicted octanol–water partition coefficient (Wildman–Crippen LogP) is 2.91. The molecule has 3 aromatic rings. The monoisotopic (exact) mass is 340 g/mol. The fraction of sp³-hybridized carbons (Fsp3) is 0.389. The largest absolute Gasteiger partial charge is 0.468 e. The quantitative estimate of drug-likeness (QED) is 0.683. The fourth-order valence-corrected chi connectivity index (χ4v) is 3.03. The SMILES string of the molecule is c1cncc(-c2noc(COC3CCCN(Cc4ccco4)C3)n2)c1. The summed E-state index contributed by atoms with van der Waals surface area (Å²) < 4.78 is 16.7. The topological polar surface area (TPSA) is 77.4 Å². The zero-order chi connectivity index (χ0) is 16.9. The van der Waals surface area contributed by atoms with E-state index >= 15 is 0 Å². The summed E-state index contributed by atoms with van der Waals surface area (Å²) in [6, 6.07) is 7.67. The second-order valence-corrected chi connectivity index (χ2v) is 6.14. The van der Waals surface area contributed by atoms with Crippen LogP contribution in [0.15, 0.2) is 51.9 Å². The summed E-state index contributed by atoms with van der Waals surface area (Å²) in [7, 11) is 0. The van der Waals surface area contributed by atoms with Gasteiger partial charge in [-0.2, -0.15) is 4.98 Å². The van der Waals surface area contributed by atoms with Gasteiger partial charge in [-0.25, -0.2) is 0 Å². The Morgan fingerprint density at radius 2 is 2.28 bits per heavy atom. The molecule has 7 heteroatoms. The van der Waals surface area contributed by atoms with Crippen molar-refractivity contribution >= 4 is 0 Å². The maximum Gasteiger partial charge on any atom is 0.252 e. The van der Waals surface area contributed by atoms with E-state index in [1.165, 1.54) is 0 Å². The summed E-state index contributed by atoms with van der Waals surface area (Å²) in [5.74, 6) is 2.01. The minimum absolute atomic E-state index is 0.164. The highest BCUT2D eigenvalue weighted by Gasteiger charge is 2.22. The number of furan rings is 1. The average Bonchev–Trinajstić information content (AvgIpc) is 3.33. The van der Waals surface area contributed by atoms with Gasteiger partial charge in [0.25, 0.3) is 5.89 Å². The molecule has 0 aliphatic carbocycles. The van der Waals surface area contributed by atoms with Crippen LogP contribution in [-0.4, -0.2) is 39.2 Å². The molecular weight excluding hydrogens is 320 g/mol.